The van der Waals surface area contributed by atoms with E-state index in [-0.39, 0.29) is 5.56 Å². The summed E-state index contributed by atoms with van der Waals surface area (Å²) >= 11 is 0. The van der Waals surface area contributed by atoms with Crippen molar-refractivity contribution in [1.82, 2.24) is 5.32 Å². The summed E-state index contributed by atoms with van der Waals surface area (Å²) < 4.78 is 26.1. The zero-order valence-electron chi connectivity index (χ0n) is 11.2. The molecule has 0 aliphatic heterocycles. The monoisotopic (exact) mass is 285 g/mol. The highest BCUT2D eigenvalue weighted by Gasteiger charge is 2.20. The Labute approximate surface area is 115 Å². The number of carboxylic acids is 1. The van der Waals surface area contributed by atoms with Crippen molar-refractivity contribution in [2.24, 2.45) is 0 Å². The van der Waals surface area contributed by atoms with Gasteiger partial charge in [-0.2, -0.15) is 0 Å². The molecule has 0 saturated heterocycles. The number of hydrogen-bond donors (Lipinski definition) is 2. The smallest absolute Gasteiger partial charge is 0.336 e. The Morgan fingerprint density at radius 2 is 1.70 bits per heavy atom. The Morgan fingerprint density at radius 1 is 1.10 bits per heavy atom. The summed E-state index contributed by atoms with van der Waals surface area (Å²) in [6.07, 6.45) is 3.80. The fourth-order valence-electron chi connectivity index (χ4n) is 1.76. The number of carboxylic acid groups (broad SMARTS) is 1. The lowest BCUT2D eigenvalue weighted by Gasteiger charge is -2.08. The van der Waals surface area contributed by atoms with Crippen molar-refractivity contribution in [1.29, 1.82) is 0 Å². The lowest BCUT2D eigenvalue weighted by molar-refractivity contribution is 0.0690. The summed E-state index contributed by atoms with van der Waals surface area (Å²) in [6.45, 7) is 2.43. The van der Waals surface area contributed by atoms with Gasteiger partial charge in [0.05, 0.1) is 11.1 Å². The Hall–Kier alpha value is -1.98. The molecule has 20 heavy (non-hydrogen) atoms. The number of hydrogen-bond acceptors (Lipinski definition) is 2. The van der Waals surface area contributed by atoms with Crippen LogP contribution in [0.3, 0.4) is 0 Å². The molecule has 0 atom stereocenters. The number of carbonyl (C=O) groups is 2. The number of carbonyl (C=O) groups excluding carboxylic acids is 1. The Kier molecular flexibility index (Phi) is 6.09. The molecule has 4 nitrogen and oxygen atoms in total. The normalized spacial score (nSPS) is 10.3. The third-order valence-corrected chi connectivity index (χ3v) is 2.85. The van der Waals surface area contributed by atoms with Crippen LogP contribution in [0.2, 0.25) is 0 Å². The van der Waals surface area contributed by atoms with E-state index < -0.39 is 29.1 Å². The number of benzene rings is 1. The maximum absolute atomic E-state index is 13.1. The average Bonchev–Trinajstić information content (AvgIpc) is 2.40. The molecule has 0 unspecified atom stereocenters. The summed E-state index contributed by atoms with van der Waals surface area (Å²) in [7, 11) is 0. The number of amides is 1. The van der Waals surface area contributed by atoms with E-state index in [2.05, 4.69) is 12.2 Å². The van der Waals surface area contributed by atoms with Gasteiger partial charge >= 0.3 is 5.97 Å². The summed E-state index contributed by atoms with van der Waals surface area (Å²) in [5.74, 6) is -4.72. The highest BCUT2D eigenvalue weighted by molar-refractivity contribution is 6.04. The van der Waals surface area contributed by atoms with Crippen LogP contribution in [-0.4, -0.2) is 23.5 Å². The van der Waals surface area contributed by atoms with Crippen LogP contribution in [0.25, 0.3) is 0 Å². The van der Waals surface area contributed by atoms with E-state index in [0.29, 0.717) is 18.7 Å². The molecule has 0 aliphatic carbocycles. The van der Waals surface area contributed by atoms with Gasteiger partial charge in [-0.1, -0.05) is 26.2 Å². The predicted molar refractivity (Wildman–Crippen MR) is 69.8 cm³/mol. The molecule has 0 fully saturated rings. The van der Waals surface area contributed by atoms with Gasteiger partial charge in [0.2, 0.25) is 0 Å². The van der Waals surface area contributed by atoms with Crippen LogP contribution in [-0.2, 0) is 0 Å². The van der Waals surface area contributed by atoms with Crippen molar-refractivity contribution in [3.8, 4) is 0 Å². The van der Waals surface area contributed by atoms with E-state index in [0.717, 1.165) is 25.7 Å². The number of aromatic carboxylic acids is 1. The van der Waals surface area contributed by atoms with Gasteiger partial charge in [-0.05, 0) is 18.6 Å². The fraction of sp³-hybridized carbons (Fsp3) is 0.429. The fourth-order valence-corrected chi connectivity index (χ4v) is 1.76. The molecule has 0 saturated carbocycles. The van der Waals surface area contributed by atoms with E-state index in [1.807, 2.05) is 0 Å². The van der Waals surface area contributed by atoms with Crippen LogP contribution in [0.1, 0.15) is 53.3 Å². The third kappa shape index (κ3) is 4.29. The van der Waals surface area contributed by atoms with E-state index in [4.69, 9.17) is 5.11 Å². The molecule has 0 spiro atoms. The summed E-state index contributed by atoms with van der Waals surface area (Å²) in [4.78, 5) is 22.7. The van der Waals surface area contributed by atoms with Crippen LogP contribution < -0.4 is 5.32 Å². The number of nitrogens with one attached hydrogen (secondary N) is 1. The van der Waals surface area contributed by atoms with Gasteiger partial charge in [0.1, 0.15) is 0 Å². The van der Waals surface area contributed by atoms with Gasteiger partial charge in [-0.3, -0.25) is 4.79 Å². The summed E-state index contributed by atoms with van der Waals surface area (Å²) in [5, 5.41) is 11.4. The minimum atomic E-state index is -1.47. The zero-order chi connectivity index (χ0) is 15.1. The van der Waals surface area contributed by atoms with Crippen molar-refractivity contribution in [2.75, 3.05) is 6.54 Å². The van der Waals surface area contributed by atoms with Crippen LogP contribution in [0.4, 0.5) is 8.78 Å². The molecule has 0 heterocycles. The zero-order valence-corrected chi connectivity index (χ0v) is 11.2. The van der Waals surface area contributed by atoms with Crippen molar-refractivity contribution < 1.29 is 23.5 Å². The maximum atomic E-state index is 13.1. The Morgan fingerprint density at radius 3 is 2.25 bits per heavy atom. The standard InChI is InChI=1S/C14H17F2NO3/c1-2-3-4-5-6-17-13(18)9-7-11(15)12(16)8-10(9)14(19)20/h7-8H,2-6H2,1H3,(H,17,18)(H,19,20). The van der Waals surface area contributed by atoms with Crippen LogP contribution in [0, 0.1) is 11.6 Å². The summed E-state index contributed by atoms with van der Waals surface area (Å²) in [5.41, 5.74) is -0.915. The van der Waals surface area contributed by atoms with Gasteiger partial charge in [0, 0.05) is 6.54 Å². The van der Waals surface area contributed by atoms with Gasteiger partial charge in [0.15, 0.2) is 11.6 Å². The molecule has 2 N–H and O–H groups in total. The van der Waals surface area contributed by atoms with E-state index in [1.54, 1.807) is 0 Å². The van der Waals surface area contributed by atoms with Crippen LogP contribution in [0.5, 0.6) is 0 Å². The second-order valence-electron chi connectivity index (χ2n) is 4.43. The quantitative estimate of drug-likeness (QED) is 0.757. The predicted octanol–water partition coefficient (Wildman–Crippen LogP) is 2.97. The van der Waals surface area contributed by atoms with Crippen molar-refractivity contribution >= 4 is 11.9 Å². The first-order chi connectivity index (χ1) is 9.47. The van der Waals surface area contributed by atoms with E-state index in [1.165, 1.54) is 0 Å². The average molecular weight is 285 g/mol. The van der Waals surface area contributed by atoms with Gasteiger partial charge in [-0.15, -0.1) is 0 Å². The molecular weight excluding hydrogens is 268 g/mol. The van der Waals surface area contributed by atoms with Crippen molar-refractivity contribution in [3.63, 3.8) is 0 Å². The van der Waals surface area contributed by atoms with Gasteiger partial charge in [-0.25, -0.2) is 13.6 Å². The number of rotatable bonds is 7. The second kappa shape index (κ2) is 7.57. The third-order valence-electron chi connectivity index (χ3n) is 2.85. The highest BCUT2D eigenvalue weighted by atomic mass is 19.2. The molecule has 110 valence electrons. The molecule has 0 aliphatic rings. The first-order valence-electron chi connectivity index (χ1n) is 6.48. The second-order valence-corrected chi connectivity index (χ2v) is 4.43. The number of halogens is 2. The minimum absolute atomic E-state index is 0.369. The molecule has 0 bridgehead atoms. The molecule has 1 aromatic rings. The lowest BCUT2D eigenvalue weighted by atomic mass is 10.1. The van der Waals surface area contributed by atoms with Crippen molar-refractivity contribution in [3.05, 3.63) is 34.9 Å². The molecular formula is C14H17F2NO3. The molecule has 1 amide bonds. The first kappa shape index (κ1) is 16.1. The molecule has 1 rings (SSSR count). The van der Waals surface area contributed by atoms with Crippen LogP contribution >= 0.6 is 0 Å². The van der Waals surface area contributed by atoms with Gasteiger partial charge in [0.25, 0.3) is 5.91 Å². The lowest BCUT2D eigenvalue weighted by Crippen LogP contribution is -2.26. The summed E-state index contributed by atoms with van der Waals surface area (Å²) in [6, 6.07) is 1.13. The highest BCUT2D eigenvalue weighted by Crippen LogP contribution is 2.15. The van der Waals surface area contributed by atoms with Crippen LogP contribution in [0.15, 0.2) is 12.1 Å². The topological polar surface area (TPSA) is 66.4 Å². The molecule has 1 aromatic carbocycles. The Bertz CT molecular complexity index is 503. The van der Waals surface area contributed by atoms with Crippen molar-refractivity contribution in [2.45, 2.75) is 32.6 Å². The first-order valence-corrected chi connectivity index (χ1v) is 6.48. The largest absolute Gasteiger partial charge is 0.478 e. The SMILES string of the molecule is CCCCCCNC(=O)c1cc(F)c(F)cc1C(=O)O. The maximum Gasteiger partial charge on any atom is 0.336 e. The molecule has 6 heteroatoms. The van der Waals surface area contributed by atoms with Gasteiger partial charge < -0.3 is 10.4 Å². The van der Waals surface area contributed by atoms with E-state index >= 15 is 0 Å². The molecule has 0 aromatic heterocycles. The number of unbranched alkanes of at least 4 members (excludes halogenated alkanes) is 3. The van der Waals surface area contributed by atoms with E-state index in [9.17, 15) is 18.4 Å². The molecule has 0 radical (unpaired) electrons. The minimum Gasteiger partial charge on any atom is -0.478 e. The Balaban J connectivity index is 2.76.